The van der Waals surface area contributed by atoms with Crippen molar-refractivity contribution in [2.75, 3.05) is 5.32 Å². The maximum absolute atomic E-state index is 12.3. The van der Waals surface area contributed by atoms with E-state index in [1.54, 1.807) is 12.1 Å². The maximum Gasteiger partial charge on any atom is 0.306 e. The standard InChI is InChI=1S/C15H17N5O3/c21-14(10-1-3-11(4-2-10)15(22)23)16-12-7-5-9(6-8-12)13-17-19-20-18-13/h5-8,10-11H,1-4H2,(H,16,21)(H,22,23)(H,17,18,19,20). The van der Waals surface area contributed by atoms with Gasteiger partial charge in [-0.2, -0.15) is 5.21 Å². The zero-order chi connectivity index (χ0) is 16.2. The molecule has 0 aliphatic heterocycles. The topological polar surface area (TPSA) is 121 Å². The number of rotatable bonds is 4. The number of carboxylic acids is 1. The molecule has 0 bridgehead atoms. The van der Waals surface area contributed by atoms with Gasteiger partial charge in [-0.25, -0.2) is 0 Å². The lowest BCUT2D eigenvalue weighted by Gasteiger charge is -2.25. The van der Waals surface area contributed by atoms with Crippen molar-refractivity contribution < 1.29 is 14.7 Å². The van der Waals surface area contributed by atoms with Gasteiger partial charge in [0.2, 0.25) is 11.7 Å². The lowest BCUT2D eigenvalue weighted by atomic mass is 9.81. The van der Waals surface area contributed by atoms with Crippen molar-refractivity contribution >= 4 is 17.6 Å². The van der Waals surface area contributed by atoms with E-state index in [9.17, 15) is 9.59 Å². The van der Waals surface area contributed by atoms with Crippen molar-refractivity contribution in [2.45, 2.75) is 25.7 Å². The van der Waals surface area contributed by atoms with Gasteiger partial charge in [0.15, 0.2) is 0 Å². The van der Waals surface area contributed by atoms with Crippen LogP contribution >= 0.6 is 0 Å². The van der Waals surface area contributed by atoms with Crippen LogP contribution in [0, 0.1) is 11.8 Å². The van der Waals surface area contributed by atoms with Crippen LogP contribution in [-0.2, 0) is 9.59 Å². The molecule has 3 rings (SSSR count). The number of nitrogens with zero attached hydrogens (tertiary/aromatic N) is 3. The number of aromatic nitrogens is 4. The van der Waals surface area contributed by atoms with E-state index in [4.69, 9.17) is 5.11 Å². The molecule has 120 valence electrons. The Kier molecular flexibility index (Phi) is 4.31. The van der Waals surface area contributed by atoms with Crippen LogP contribution in [0.15, 0.2) is 24.3 Å². The Bertz CT molecular complexity index is 676. The average molecular weight is 315 g/mol. The van der Waals surface area contributed by atoms with Crippen LogP contribution in [0.2, 0.25) is 0 Å². The van der Waals surface area contributed by atoms with Gasteiger partial charge in [-0.05, 0) is 55.2 Å². The Morgan fingerprint density at radius 2 is 1.74 bits per heavy atom. The second-order valence-electron chi connectivity index (χ2n) is 5.69. The third-order valence-corrected chi connectivity index (χ3v) is 4.20. The molecule has 0 radical (unpaired) electrons. The molecule has 1 aromatic carbocycles. The largest absolute Gasteiger partial charge is 0.481 e. The van der Waals surface area contributed by atoms with E-state index in [0.717, 1.165) is 5.56 Å². The van der Waals surface area contributed by atoms with Crippen LogP contribution in [0.4, 0.5) is 5.69 Å². The molecule has 1 aliphatic rings. The first-order chi connectivity index (χ1) is 11.1. The van der Waals surface area contributed by atoms with Crippen LogP contribution in [0.1, 0.15) is 25.7 Å². The minimum absolute atomic E-state index is 0.0545. The smallest absolute Gasteiger partial charge is 0.306 e. The van der Waals surface area contributed by atoms with E-state index in [-0.39, 0.29) is 17.7 Å². The summed E-state index contributed by atoms with van der Waals surface area (Å²) in [6.45, 7) is 0. The van der Waals surface area contributed by atoms with E-state index in [1.807, 2.05) is 12.1 Å². The number of benzene rings is 1. The fourth-order valence-corrected chi connectivity index (χ4v) is 2.83. The average Bonchev–Trinajstić information content (AvgIpc) is 3.10. The molecule has 8 nitrogen and oxygen atoms in total. The number of tetrazole rings is 1. The highest BCUT2D eigenvalue weighted by atomic mass is 16.4. The highest BCUT2D eigenvalue weighted by Crippen LogP contribution is 2.30. The fraction of sp³-hybridized carbons (Fsp3) is 0.400. The van der Waals surface area contributed by atoms with Crippen LogP contribution in [-0.4, -0.2) is 37.6 Å². The van der Waals surface area contributed by atoms with Crippen LogP contribution in [0.5, 0.6) is 0 Å². The molecule has 0 unspecified atom stereocenters. The molecule has 0 atom stereocenters. The van der Waals surface area contributed by atoms with Gasteiger partial charge >= 0.3 is 5.97 Å². The molecule has 1 fully saturated rings. The number of carbonyl (C=O) groups excluding carboxylic acids is 1. The first kappa shape index (κ1) is 15.1. The number of nitrogens with one attached hydrogen (secondary N) is 2. The third-order valence-electron chi connectivity index (χ3n) is 4.20. The molecule has 0 spiro atoms. The Morgan fingerprint density at radius 3 is 2.30 bits per heavy atom. The minimum Gasteiger partial charge on any atom is -0.481 e. The number of amides is 1. The molecule has 0 saturated heterocycles. The summed E-state index contributed by atoms with van der Waals surface area (Å²) >= 11 is 0. The first-order valence-corrected chi connectivity index (χ1v) is 7.51. The van der Waals surface area contributed by atoms with E-state index < -0.39 is 5.97 Å². The van der Waals surface area contributed by atoms with E-state index >= 15 is 0 Å². The first-order valence-electron chi connectivity index (χ1n) is 7.51. The third kappa shape index (κ3) is 3.53. The lowest BCUT2D eigenvalue weighted by Crippen LogP contribution is -2.29. The van der Waals surface area contributed by atoms with Gasteiger partial charge in [0, 0.05) is 17.2 Å². The van der Waals surface area contributed by atoms with Crippen LogP contribution in [0.3, 0.4) is 0 Å². The van der Waals surface area contributed by atoms with Gasteiger partial charge in [0.1, 0.15) is 0 Å². The number of hydrogen-bond acceptors (Lipinski definition) is 5. The predicted octanol–water partition coefficient (Wildman–Crippen LogP) is 1.70. The van der Waals surface area contributed by atoms with Gasteiger partial charge < -0.3 is 10.4 Å². The van der Waals surface area contributed by atoms with Crippen molar-refractivity contribution in [1.29, 1.82) is 0 Å². The number of aliphatic carboxylic acids is 1. The van der Waals surface area contributed by atoms with E-state index in [0.29, 0.717) is 37.2 Å². The fourth-order valence-electron chi connectivity index (χ4n) is 2.83. The van der Waals surface area contributed by atoms with Gasteiger partial charge in [-0.3, -0.25) is 9.59 Å². The SMILES string of the molecule is O=C(O)C1CCC(C(=O)Nc2ccc(-c3nn[nH]n3)cc2)CC1. The summed E-state index contributed by atoms with van der Waals surface area (Å²) in [7, 11) is 0. The normalized spacial score (nSPS) is 20.9. The summed E-state index contributed by atoms with van der Waals surface area (Å²) in [4.78, 5) is 23.2. The Hall–Kier alpha value is -2.77. The van der Waals surface area contributed by atoms with Crippen molar-refractivity contribution in [3.05, 3.63) is 24.3 Å². The van der Waals surface area contributed by atoms with Gasteiger partial charge in [-0.15, -0.1) is 10.2 Å². The number of aromatic amines is 1. The van der Waals surface area contributed by atoms with Crippen molar-refractivity contribution in [2.24, 2.45) is 11.8 Å². The molecule has 1 heterocycles. The van der Waals surface area contributed by atoms with Crippen molar-refractivity contribution in [1.82, 2.24) is 20.6 Å². The molecule has 2 aromatic rings. The molecule has 1 aliphatic carbocycles. The summed E-state index contributed by atoms with van der Waals surface area (Å²) in [6.07, 6.45) is 2.35. The Balaban J connectivity index is 1.57. The zero-order valence-corrected chi connectivity index (χ0v) is 12.4. The summed E-state index contributed by atoms with van der Waals surface area (Å²) in [5, 5.41) is 25.5. The summed E-state index contributed by atoms with van der Waals surface area (Å²) < 4.78 is 0. The molecular formula is C15H17N5O3. The van der Waals surface area contributed by atoms with Crippen LogP contribution < -0.4 is 5.32 Å². The molecule has 1 saturated carbocycles. The number of hydrogen-bond donors (Lipinski definition) is 3. The van der Waals surface area contributed by atoms with Crippen LogP contribution in [0.25, 0.3) is 11.4 Å². The number of carboxylic acid groups (broad SMARTS) is 1. The zero-order valence-electron chi connectivity index (χ0n) is 12.4. The summed E-state index contributed by atoms with van der Waals surface area (Å²) in [6, 6.07) is 7.18. The predicted molar refractivity (Wildman–Crippen MR) is 81.3 cm³/mol. The number of anilines is 1. The Morgan fingerprint density at radius 1 is 1.09 bits per heavy atom. The highest BCUT2D eigenvalue weighted by Gasteiger charge is 2.29. The van der Waals surface area contributed by atoms with Crippen molar-refractivity contribution in [3.63, 3.8) is 0 Å². The molecule has 1 aromatic heterocycles. The van der Waals surface area contributed by atoms with Gasteiger partial charge in [0.25, 0.3) is 0 Å². The number of carbonyl (C=O) groups is 2. The van der Waals surface area contributed by atoms with Gasteiger partial charge in [-0.1, -0.05) is 0 Å². The van der Waals surface area contributed by atoms with Crippen molar-refractivity contribution in [3.8, 4) is 11.4 Å². The summed E-state index contributed by atoms with van der Waals surface area (Å²) in [5.41, 5.74) is 1.50. The lowest BCUT2D eigenvalue weighted by molar-refractivity contribution is -0.143. The summed E-state index contributed by atoms with van der Waals surface area (Å²) in [5.74, 6) is -0.757. The number of H-pyrrole nitrogens is 1. The second-order valence-corrected chi connectivity index (χ2v) is 5.69. The Labute approximate surface area is 132 Å². The quantitative estimate of drug-likeness (QED) is 0.789. The molecular weight excluding hydrogens is 298 g/mol. The molecule has 3 N–H and O–H groups in total. The maximum atomic E-state index is 12.3. The second kappa shape index (κ2) is 6.55. The highest BCUT2D eigenvalue weighted by molar-refractivity contribution is 5.92. The van der Waals surface area contributed by atoms with E-state index in [1.165, 1.54) is 0 Å². The minimum atomic E-state index is -0.763. The van der Waals surface area contributed by atoms with Gasteiger partial charge in [0.05, 0.1) is 5.92 Å². The molecule has 23 heavy (non-hydrogen) atoms. The molecule has 1 amide bonds. The molecule has 8 heteroatoms. The monoisotopic (exact) mass is 315 g/mol. The van der Waals surface area contributed by atoms with E-state index in [2.05, 4.69) is 25.9 Å².